The molecular formula is C23H20ClN3O3S. The lowest BCUT2D eigenvalue weighted by Gasteiger charge is -2.09. The summed E-state index contributed by atoms with van der Waals surface area (Å²) in [6.07, 6.45) is 0. The Morgan fingerprint density at radius 2 is 1.58 bits per heavy atom. The molecule has 0 spiro atoms. The molecule has 1 aromatic heterocycles. The second kappa shape index (κ2) is 8.64. The summed E-state index contributed by atoms with van der Waals surface area (Å²) in [7, 11) is -3.99. The molecule has 0 saturated heterocycles. The smallest absolute Gasteiger partial charge is 0.238 e. The molecule has 0 atom stereocenters. The van der Waals surface area contributed by atoms with E-state index in [0.717, 1.165) is 11.1 Å². The summed E-state index contributed by atoms with van der Waals surface area (Å²) in [6.45, 7) is 0.129. The highest BCUT2D eigenvalue weighted by Crippen LogP contribution is 2.38. The fourth-order valence-corrected chi connectivity index (χ4v) is 4.43. The Morgan fingerprint density at radius 3 is 2.23 bits per heavy atom. The summed E-state index contributed by atoms with van der Waals surface area (Å²) >= 11 is 6.06. The molecule has 0 aliphatic rings. The predicted octanol–water partition coefficient (Wildman–Crippen LogP) is 4.06. The molecule has 0 aliphatic carbocycles. The van der Waals surface area contributed by atoms with E-state index in [1.54, 1.807) is 35.0 Å². The Bertz CT molecular complexity index is 1320. The van der Waals surface area contributed by atoms with Crippen LogP contribution >= 0.6 is 11.6 Å². The molecule has 3 N–H and O–H groups in total. The van der Waals surface area contributed by atoms with Gasteiger partial charge in [0.1, 0.15) is 5.69 Å². The molecular weight excluding hydrogens is 434 g/mol. The van der Waals surface area contributed by atoms with E-state index in [9.17, 15) is 13.5 Å². The van der Waals surface area contributed by atoms with Crippen molar-refractivity contribution in [3.8, 4) is 22.4 Å². The van der Waals surface area contributed by atoms with Crippen molar-refractivity contribution in [2.45, 2.75) is 18.0 Å². The van der Waals surface area contributed by atoms with Crippen molar-refractivity contribution in [2.24, 2.45) is 5.14 Å². The number of sulfonamides is 1. The van der Waals surface area contributed by atoms with E-state index in [1.807, 2.05) is 42.5 Å². The summed E-state index contributed by atoms with van der Waals surface area (Å²) in [6, 6.07) is 23.2. The van der Waals surface area contributed by atoms with E-state index in [0.29, 0.717) is 34.1 Å². The Morgan fingerprint density at radius 1 is 0.935 bits per heavy atom. The van der Waals surface area contributed by atoms with Gasteiger partial charge in [-0.2, -0.15) is 5.10 Å². The SMILES string of the molecule is NS(=O)(=O)c1ccccc1-c1nn(Cc2ccccc2)c(CO)c1-c1ccc(Cl)cc1. The van der Waals surface area contributed by atoms with Gasteiger partial charge in [-0.3, -0.25) is 4.68 Å². The summed E-state index contributed by atoms with van der Waals surface area (Å²) in [4.78, 5) is -0.0286. The predicted molar refractivity (Wildman–Crippen MR) is 121 cm³/mol. The summed E-state index contributed by atoms with van der Waals surface area (Å²) in [5.41, 5.74) is 3.74. The van der Waals surface area contributed by atoms with Gasteiger partial charge < -0.3 is 5.11 Å². The van der Waals surface area contributed by atoms with Gasteiger partial charge >= 0.3 is 0 Å². The van der Waals surface area contributed by atoms with Gasteiger partial charge in [0.05, 0.1) is 23.7 Å². The van der Waals surface area contributed by atoms with Gasteiger partial charge in [0.2, 0.25) is 10.0 Å². The quantitative estimate of drug-likeness (QED) is 0.460. The average Bonchev–Trinajstić information content (AvgIpc) is 3.12. The number of primary sulfonamides is 1. The highest BCUT2D eigenvalue weighted by molar-refractivity contribution is 7.89. The number of nitrogens with two attached hydrogens (primary N) is 1. The lowest BCUT2D eigenvalue weighted by atomic mass is 9.99. The lowest BCUT2D eigenvalue weighted by Crippen LogP contribution is -2.13. The van der Waals surface area contributed by atoms with Gasteiger partial charge in [-0.05, 0) is 29.3 Å². The molecule has 0 amide bonds. The third-order valence-electron chi connectivity index (χ3n) is 4.96. The molecule has 0 saturated carbocycles. The van der Waals surface area contributed by atoms with Crippen LogP contribution in [-0.2, 0) is 23.2 Å². The molecule has 6 nitrogen and oxygen atoms in total. The van der Waals surface area contributed by atoms with E-state index in [2.05, 4.69) is 0 Å². The highest BCUT2D eigenvalue weighted by Gasteiger charge is 2.24. The first-order valence-electron chi connectivity index (χ1n) is 9.51. The molecule has 0 aliphatic heterocycles. The van der Waals surface area contributed by atoms with Crippen molar-refractivity contribution in [3.05, 3.63) is 95.1 Å². The first kappa shape index (κ1) is 21.3. The Labute approximate surface area is 185 Å². The Kier molecular flexibility index (Phi) is 5.93. The topological polar surface area (TPSA) is 98.2 Å². The molecule has 0 unspecified atom stereocenters. The minimum absolute atomic E-state index is 0.0286. The van der Waals surface area contributed by atoms with Crippen molar-refractivity contribution in [2.75, 3.05) is 0 Å². The van der Waals surface area contributed by atoms with Crippen LogP contribution in [-0.4, -0.2) is 23.3 Å². The number of halogens is 1. The molecule has 8 heteroatoms. The third-order valence-corrected chi connectivity index (χ3v) is 6.19. The fourth-order valence-electron chi connectivity index (χ4n) is 3.56. The number of benzene rings is 3. The minimum Gasteiger partial charge on any atom is -0.390 e. The maximum atomic E-state index is 12.2. The molecule has 4 aromatic rings. The molecule has 158 valence electrons. The fraction of sp³-hybridized carbons (Fsp3) is 0.0870. The monoisotopic (exact) mass is 453 g/mol. The number of hydrogen-bond acceptors (Lipinski definition) is 4. The van der Waals surface area contributed by atoms with Crippen molar-refractivity contribution >= 4 is 21.6 Å². The summed E-state index contributed by atoms with van der Waals surface area (Å²) in [5, 5.41) is 21.0. The van der Waals surface area contributed by atoms with Gasteiger partial charge in [0.15, 0.2) is 0 Å². The van der Waals surface area contributed by atoms with Crippen LogP contribution in [0.5, 0.6) is 0 Å². The first-order chi connectivity index (χ1) is 14.9. The zero-order chi connectivity index (χ0) is 22.0. The van der Waals surface area contributed by atoms with Gasteiger partial charge in [-0.1, -0.05) is 72.3 Å². The van der Waals surface area contributed by atoms with Crippen LogP contribution in [0.4, 0.5) is 0 Å². The first-order valence-corrected chi connectivity index (χ1v) is 11.4. The number of rotatable bonds is 6. The zero-order valence-electron chi connectivity index (χ0n) is 16.4. The zero-order valence-corrected chi connectivity index (χ0v) is 18.0. The summed E-state index contributed by atoms with van der Waals surface area (Å²) < 4.78 is 26.2. The molecule has 3 aromatic carbocycles. The van der Waals surface area contributed by atoms with Crippen molar-refractivity contribution < 1.29 is 13.5 Å². The second-order valence-electron chi connectivity index (χ2n) is 7.02. The van der Waals surface area contributed by atoms with E-state index in [4.69, 9.17) is 21.8 Å². The van der Waals surface area contributed by atoms with Gasteiger partial charge in [-0.15, -0.1) is 0 Å². The molecule has 31 heavy (non-hydrogen) atoms. The lowest BCUT2D eigenvalue weighted by molar-refractivity contribution is 0.269. The van der Waals surface area contributed by atoms with Crippen LogP contribution < -0.4 is 5.14 Å². The number of aliphatic hydroxyl groups excluding tert-OH is 1. The number of aliphatic hydroxyl groups is 1. The van der Waals surface area contributed by atoms with Crippen molar-refractivity contribution in [1.82, 2.24) is 9.78 Å². The molecule has 0 bridgehead atoms. The number of aromatic nitrogens is 2. The standard InChI is InChI=1S/C23H20ClN3O3S/c24-18-12-10-17(11-13-18)22-20(15-28)27(14-16-6-2-1-3-7-16)26-23(22)19-8-4-5-9-21(19)31(25,29)30/h1-13,28H,14-15H2,(H2,25,29,30). The van der Waals surface area contributed by atoms with Crippen LogP contribution in [0.2, 0.25) is 5.02 Å². The van der Waals surface area contributed by atoms with Gasteiger partial charge in [-0.25, -0.2) is 13.6 Å². The Balaban J connectivity index is 1.99. The molecule has 0 radical (unpaired) electrons. The molecule has 0 fully saturated rings. The second-order valence-corrected chi connectivity index (χ2v) is 8.99. The minimum atomic E-state index is -3.99. The van der Waals surface area contributed by atoms with E-state index in [1.165, 1.54) is 6.07 Å². The number of nitrogens with zero attached hydrogens (tertiary/aromatic N) is 2. The average molecular weight is 454 g/mol. The molecule has 1 heterocycles. The number of hydrogen-bond donors (Lipinski definition) is 2. The normalized spacial score (nSPS) is 11.6. The summed E-state index contributed by atoms with van der Waals surface area (Å²) in [5.74, 6) is 0. The van der Waals surface area contributed by atoms with Crippen LogP contribution in [0.3, 0.4) is 0 Å². The maximum Gasteiger partial charge on any atom is 0.238 e. The van der Waals surface area contributed by atoms with E-state index >= 15 is 0 Å². The largest absolute Gasteiger partial charge is 0.390 e. The maximum absolute atomic E-state index is 12.2. The van der Waals surface area contributed by atoms with Gasteiger partial charge in [0, 0.05) is 16.1 Å². The van der Waals surface area contributed by atoms with Crippen molar-refractivity contribution in [3.63, 3.8) is 0 Å². The molecule has 4 rings (SSSR count). The van der Waals surface area contributed by atoms with Crippen molar-refractivity contribution in [1.29, 1.82) is 0 Å². The third kappa shape index (κ3) is 4.40. The Hall–Kier alpha value is -2.97. The van der Waals surface area contributed by atoms with Crippen LogP contribution in [0, 0.1) is 0 Å². The van der Waals surface area contributed by atoms with Gasteiger partial charge in [0.25, 0.3) is 0 Å². The van der Waals surface area contributed by atoms with Crippen LogP contribution in [0.1, 0.15) is 11.3 Å². The highest BCUT2D eigenvalue weighted by atomic mass is 35.5. The van der Waals surface area contributed by atoms with E-state index < -0.39 is 10.0 Å². The van der Waals surface area contributed by atoms with Crippen LogP contribution in [0.25, 0.3) is 22.4 Å². The van der Waals surface area contributed by atoms with E-state index in [-0.39, 0.29) is 11.5 Å². The van der Waals surface area contributed by atoms with Crippen LogP contribution in [0.15, 0.2) is 83.8 Å².